The van der Waals surface area contributed by atoms with Gasteiger partial charge in [0, 0.05) is 20.3 Å². The molecule has 0 nitrogen and oxygen atoms in total. The topological polar surface area (TPSA) is 0 Å². The first kappa shape index (κ1) is 11.9. The number of hydrogen-bond donors (Lipinski definition) is 0. The molecule has 10 heavy (non-hydrogen) atoms. The van der Waals surface area contributed by atoms with Gasteiger partial charge in [-0.1, -0.05) is 63.7 Å². The van der Waals surface area contributed by atoms with E-state index in [0.717, 1.165) is 10.7 Å². The molecule has 0 rings (SSSR count). The van der Waals surface area contributed by atoms with E-state index in [0.29, 0.717) is 9.65 Å². The zero-order chi connectivity index (χ0) is 7.98. The molecule has 2 atom stereocenters. The van der Waals surface area contributed by atoms with Crippen LogP contribution in [0.5, 0.6) is 0 Å². The summed E-state index contributed by atoms with van der Waals surface area (Å²) in [6.45, 7) is 0. The summed E-state index contributed by atoms with van der Waals surface area (Å²) in [7, 11) is 0. The minimum Gasteiger partial charge on any atom is -0.0928 e. The predicted octanol–water partition coefficient (Wildman–Crippen LogP) is 4.08. The molecule has 0 saturated carbocycles. The third kappa shape index (κ3) is 6.62. The summed E-state index contributed by atoms with van der Waals surface area (Å²) in [5.74, 6) is 0. The molecule has 0 aromatic heterocycles. The Bertz CT molecular complexity index is 76.1. The summed E-state index contributed by atoms with van der Waals surface area (Å²) in [4.78, 5) is 1.23. The number of halogens is 4. The van der Waals surface area contributed by atoms with Crippen LogP contribution in [0.1, 0.15) is 12.8 Å². The Morgan fingerprint density at radius 3 is 2.00 bits per heavy atom. The van der Waals surface area contributed by atoms with E-state index in [1.165, 1.54) is 12.8 Å². The maximum absolute atomic E-state index is 3.60. The van der Waals surface area contributed by atoms with Gasteiger partial charge in [-0.25, -0.2) is 0 Å². The van der Waals surface area contributed by atoms with Crippen molar-refractivity contribution in [3.8, 4) is 0 Å². The van der Waals surface area contributed by atoms with E-state index in [2.05, 4.69) is 63.7 Å². The van der Waals surface area contributed by atoms with Crippen molar-refractivity contribution >= 4 is 63.7 Å². The third-order valence-corrected chi connectivity index (χ3v) is 4.74. The van der Waals surface area contributed by atoms with Crippen molar-refractivity contribution in [2.24, 2.45) is 0 Å². The van der Waals surface area contributed by atoms with Crippen LogP contribution in [0.15, 0.2) is 0 Å². The summed E-state index contributed by atoms with van der Waals surface area (Å²) in [5, 5.41) is 2.10. The molecule has 0 bridgehead atoms. The van der Waals surface area contributed by atoms with Gasteiger partial charge >= 0.3 is 0 Å². The predicted molar refractivity (Wildman–Crippen MR) is 62.3 cm³/mol. The van der Waals surface area contributed by atoms with Gasteiger partial charge in [0.25, 0.3) is 0 Å². The summed E-state index contributed by atoms with van der Waals surface area (Å²) < 4.78 is 0. The maximum Gasteiger partial charge on any atom is 0.0253 e. The molecule has 0 spiro atoms. The Morgan fingerprint density at radius 2 is 1.60 bits per heavy atom. The van der Waals surface area contributed by atoms with Crippen LogP contribution < -0.4 is 0 Å². The lowest BCUT2D eigenvalue weighted by atomic mass is 10.2. The SMILES string of the molecule is BrCCC(Br)CC(Br)CBr. The minimum atomic E-state index is 0.593. The van der Waals surface area contributed by atoms with Crippen molar-refractivity contribution in [3.05, 3.63) is 0 Å². The van der Waals surface area contributed by atoms with E-state index in [1.807, 2.05) is 0 Å². The van der Waals surface area contributed by atoms with Crippen molar-refractivity contribution in [1.29, 1.82) is 0 Å². The molecule has 0 radical (unpaired) electrons. The van der Waals surface area contributed by atoms with Gasteiger partial charge in [0.05, 0.1) is 0 Å². The van der Waals surface area contributed by atoms with Crippen LogP contribution in [-0.4, -0.2) is 20.3 Å². The molecule has 0 fully saturated rings. The summed E-state index contributed by atoms with van der Waals surface area (Å²) >= 11 is 14.0. The van der Waals surface area contributed by atoms with Gasteiger partial charge in [-0.3, -0.25) is 0 Å². The Kier molecular flexibility index (Phi) is 9.02. The first-order valence-electron chi connectivity index (χ1n) is 3.10. The molecule has 0 aliphatic heterocycles. The number of hydrogen-bond acceptors (Lipinski definition) is 0. The summed E-state index contributed by atoms with van der Waals surface area (Å²) in [6, 6.07) is 0. The van der Waals surface area contributed by atoms with Crippen molar-refractivity contribution in [3.63, 3.8) is 0 Å². The molecule has 0 N–H and O–H groups in total. The van der Waals surface area contributed by atoms with Gasteiger partial charge in [-0.15, -0.1) is 0 Å². The lowest BCUT2D eigenvalue weighted by Crippen LogP contribution is -2.08. The van der Waals surface area contributed by atoms with Gasteiger partial charge in [0.1, 0.15) is 0 Å². The highest BCUT2D eigenvalue weighted by atomic mass is 79.9. The molecule has 0 aromatic carbocycles. The molecule has 0 saturated heterocycles. The average Bonchev–Trinajstić information content (AvgIpc) is 1.88. The molecule has 4 heteroatoms. The fraction of sp³-hybridized carbons (Fsp3) is 1.00. The van der Waals surface area contributed by atoms with Crippen molar-refractivity contribution in [1.82, 2.24) is 0 Å². The fourth-order valence-corrected chi connectivity index (χ4v) is 3.64. The fourth-order valence-electron chi connectivity index (χ4n) is 0.577. The molecule has 62 valence electrons. The zero-order valence-corrected chi connectivity index (χ0v) is 11.8. The molecule has 2 unspecified atom stereocenters. The van der Waals surface area contributed by atoms with Gasteiger partial charge in [0.2, 0.25) is 0 Å². The molecule has 0 aromatic rings. The highest BCUT2D eigenvalue weighted by molar-refractivity contribution is 9.12. The van der Waals surface area contributed by atoms with E-state index in [9.17, 15) is 0 Å². The van der Waals surface area contributed by atoms with E-state index in [-0.39, 0.29) is 0 Å². The highest BCUT2D eigenvalue weighted by Crippen LogP contribution is 2.19. The third-order valence-electron chi connectivity index (χ3n) is 1.10. The van der Waals surface area contributed by atoms with Crippen LogP contribution in [0, 0.1) is 0 Å². The zero-order valence-electron chi connectivity index (χ0n) is 5.49. The van der Waals surface area contributed by atoms with Crippen molar-refractivity contribution in [2.75, 3.05) is 10.7 Å². The lowest BCUT2D eigenvalue weighted by molar-refractivity contribution is 0.762. The van der Waals surface area contributed by atoms with E-state index in [1.54, 1.807) is 0 Å². The van der Waals surface area contributed by atoms with E-state index in [4.69, 9.17) is 0 Å². The van der Waals surface area contributed by atoms with E-state index >= 15 is 0 Å². The molecular weight excluding hydrogens is 392 g/mol. The number of rotatable bonds is 5. The Labute approximate surface area is 96.0 Å². The Balaban J connectivity index is 3.27. The summed E-state index contributed by atoms with van der Waals surface area (Å²) in [6.07, 6.45) is 2.37. The molecule has 0 aliphatic carbocycles. The van der Waals surface area contributed by atoms with Crippen LogP contribution in [0.25, 0.3) is 0 Å². The molecular formula is C6H10Br4. The van der Waals surface area contributed by atoms with Gasteiger partial charge in [-0.2, -0.15) is 0 Å². The minimum absolute atomic E-state index is 0.593. The second-order valence-corrected chi connectivity index (χ2v) is 6.09. The van der Waals surface area contributed by atoms with Crippen LogP contribution in [0.4, 0.5) is 0 Å². The Hall–Kier alpha value is 1.92. The highest BCUT2D eigenvalue weighted by Gasteiger charge is 2.08. The largest absolute Gasteiger partial charge is 0.0928 e. The Morgan fingerprint density at radius 1 is 1.00 bits per heavy atom. The normalized spacial score (nSPS) is 16.8. The monoisotopic (exact) mass is 398 g/mol. The second-order valence-electron chi connectivity index (χ2n) is 2.06. The van der Waals surface area contributed by atoms with Gasteiger partial charge in [0.15, 0.2) is 0 Å². The second kappa shape index (κ2) is 7.56. The molecule has 0 heterocycles. The standard InChI is InChI=1S/C6H10Br4/c7-2-1-5(9)3-6(10)4-8/h5-6H,1-4H2. The van der Waals surface area contributed by atoms with Crippen LogP contribution >= 0.6 is 63.7 Å². The van der Waals surface area contributed by atoms with Gasteiger partial charge in [-0.05, 0) is 12.8 Å². The first-order chi connectivity index (χ1) is 4.70. The molecule has 0 aliphatic rings. The maximum atomic E-state index is 3.60. The quantitative estimate of drug-likeness (QED) is 0.609. The van der Waals surface area contributed by atoms with Gasteiger partial charge < -0.3 is 0 Å². The van der Waals surface area contributed by atoms with Crippen LogP contribution in [-0.2, 0) is 0 Å². The average molecular weight is 402 g/mol. The van der Waals surface area contributed by atoms with Crippen LogP contribution in [0.3, 0.4) is 0 Å². The van der Waals surface area contributed by atoms with Crippen molar-refractivity contribution < 1.29 is 0 Å². The number of alkyl halides is 4. The smallest absolute Gasteiger partial charge is 0.0253 e. The molecule has 0 amide bonds. The summed E-state index contributed by atoms with van der Waals surface area (Å²) in [5.41, 5.74) is 0. The van der Waals surface area contributed by atoms with Crippen molar-refractivity contribution in [2.45, 2.75) is 22.5 Å². The first-order valence-corrected chi connectivity index (χ1v) is 7.18. The van der Waals surface area contributed by atoms with E-state index < -0.39 is 0 Å². The van der Waals surface area contributed by atoms with Crippen LogP contribution in [0.2, 0.25) is 0 Å². The lowest BCUT2D eigenvalue weighted by Gasteiger charge is -2.10.